The summed E-state index contributed by atoms with van der Waals surface area (Å²) in [5, 5.41) is 0.334. The van der Waals surface area contributed by atoms with Gasteiger partial charge in [0.25, 0.3) is 0 Å². The number of imide groups is 1. The second-order valence-electron chi connectivity index (χ2n) is 8.79. The van der Waals surface area contributed by atoms with Gasteiger partial charge >= 0.3 is 0 Å². The molecule has 0 saturated carbocycles. The van der Waals surface area contributed by atoms with Crippen LogP contribution in [0.3, 0.4) is 0 Å². The number of likely N-dealkylation sites (tertiary alicyclic amines) is 1. The monoisotopic (exact) mass is 467 g/mol. The fourth-order valence-electron chi connectivity index (χ4n) is 4.67. The lowest BCUT2D eigenvalue weighted by atomic mass is 9.75. The predicted octanol–water partition coefficient (Wildman–Crippen LogP) is 2.54. The van der Waals surface area contributed by atoms with Gasteiger partial charge in [-0.15, -0.1) is 0 Å². The molecule has 0 aromatic heterocycles. The molecule has 8 heteroatoms. The maximum absolute atomic E-state index is 13.3. The van der Waals surface area contributed by atoms with Crippen molar-refractivity contribution < 1.29 is 19.2 Å². The Balaban J connectivity index is 1.51. The van der Waals surface area contributed by atoms with E-state index in [1.807, 2.05) is 31.2 Å². The zero-order valence-corrected chi connectivity index (χ0v) is 19.5. The summed E-state index contributed by atoms with van der Waals surface area (Å²) < 4.78 is 0. The number of halogens is 1. The van der Waals surface area contributed by atoms with Crippen molar-refractivity contribution in [3.8, 4) is 0 Å². The molecule has 4 amide bonds. The Morgan fingerprint density at radius 3 is 2.42 bits per heavy atom. The van der Waals surface area contributed by atoms with E-state index in [9.17, 15) is 19.2 Å². The van der Waals surface area contributed by atoms with E-state index in [1.54, 1.807) is 29.2 Å². The molecule has 2 aromatic carbocycles. The van der Waals surface area contributed by atoms with Gasteiger partial charge in [-0.25, -0.2) is 0 Å². The van der Waals surface area contributed by atoms with Crippen molar-refractivity contribution in [2.75, 3.05) is 26.7 Å². The molecule has 0 spiro atoms. The van der Waals surface area contributed by atoms with Crippen LogP contribution in [-0.4, -0.2) is 65.0 Å². The number of benzene rings is 2. The van der Waals surface area contributed by atoms with E-state index in [0.29, 0.717) is 30.2 Å². The highest BCUT2D eigenvalue weighted by Crippen LogP contribution is 2.42. The van der Waals surface area contributed by atoms with Crippen molar-refractivity contribution in [3.05, 3.63) is 70.2 Å². The van der Waals surface area contributed by atoms with E-state index in [-0.39, 0.29) is 37.1 Å². The highest BCUT2D eigenvalue weighted by molar-refractivity contribution is 6.32. The fraction of sp³-hybridized carbons (Fsp3) is 0.360. The molecule has 0 N–H and O–H groups in total. The van der Waals surface area contributed by atoms with Crippen molar-refractivity contribution in [1.29, 1.82) is 0 Å². The van der Waals surface area contributed by atoms with Crippen molar-refractivity contribution in [2.24, 2.45) is 0 Å². The number of carbonyl (C=O) groups is 4. The van der Waals surface area contributed by atoms with Crippen LogP contribution in [0.5, 0.6) is 0 Å². The van der Waals surface area contributed by atoms with Crippen molar-refractivity contribution in [3.63, 3.8) is 0 Å². The Hall–Kier alpha value is -3.19. The molecule has 172 valence electrons. The van der Waals surface area contributed by atoms with Crippen LogP contribution in [0.1, 0.15) is 29.5 Å². The van der Waals surface area contributed by atoms with Crippen molar-refractivity contribution >= 4 is 35.2 Å². The number of piperazine rings is 1. The van der Waals surface area contributed by atoms with E-state index in [1.165, 1.54) is 11.9 Å². The van der Waals surface area contributed by atoms with Crippen molar-refractivity contribution in [1.82, 2.24) is 14.7 Å². The average molecular weight is 468 g/mol. The van der Waals surface area contributed by atoms with Gasteiger partial charge in [0, 0.05) is 44.5 Å². The normalized spacial score (nSPS) is 21.2. The molecular weight excluding hydrogens is 442 g/mol. The predicted molar refractivity (Wildman–Crippen MR) is 123 cm³/mol. The van der Waals surface area contributed by atoms with E-state index >= 15 is 0 Å². The summed E-state index contributed by atoms with van der Waals surface area (Å²) in [6.07, 6.45) is -0.337. The smallest absolute Gasteiger partial charge is 0.242 e. The molecule has 1 unspecified atom stereocenters. The lowest BCUT2D eigenvalue weighted by molar-refractivity contribution is -0.147. The van der Waals surface area contributed by atoms with Gasteiger partial charge in [0.15, 0.2) is 0 Å². The lowest BCUT2D eigenvalue weighted by Crippen LogP contribution is -2.53. The zero-order chi connectivity index (χ0) is 23.8. The van der Waals surface area contributed by atoms with Crippen LogP contribution >= 0.6 is 11.6 Å². The summed E-state index contributed by atoms with van der Waals surface area (Å²) in [6.45, 7) is 3.21. The largest absolute Gasteiger partial charge is 0.335 e. The Morgan fingerprint density at radius 1 is 1.03 bits per heavy atom. The molecule has 2 fully saturated rings. The van der Waals surface area contributed by atoms with Gasteiger partial charge in [0.2, 0.25) is 23.6 Å². The first-order valence-electron chi connectivity index (χ1n) is 10.9. The molecule has 0 bridgehead atoms. The molecule has 1 atom stereocenters. The van der Waals surface area contributed by atoms with Gasteiger partial charge in [-0.1, -0.05) is 59.6 Å². The molecule has 2 aliphatic rings. The second kappa shape index (κ2) is 8.98. The van der Waals surface area contributed by atoms with Gasteiger partial charge in [-0.2, -0.15) is 0 Å². The molecule has 4 rings (SSSR count). The van der Waals surface area contributed by atoms with Gasteiger partial charge in [0.1, 0.15) is 0 Å². The number of amides is 4. The summed E-state index contributed by atoms with van der Waals surface area (Å²) >= 11 is 6.39. The molecule has 7 nitrogen and oxygen atoms in total. The van der Waals surface area contributed by atoms with E-state index in [0.717, 1.165) is 16.0 Å². The van der Waals surface area contributed by atoms with Gasteiger partial charge in [0.05, 0.1) is 12.0 Å². The third-order valence-corrected chi connectivity index (χ3v) is 6.84. The van der Waals surface area contributed by atoms with Crippen LogP contribution in [0.2, 0.25) is 5.02 Å². The Kier molecular flexibility index (Phi) is 6.26. The van der Waals surface area contributed by atoms with Crippen molar-refractivity contribution in [2.45, 2.75) is 31.7 Å². The fourth-order valence-corrected chi connectivity index (χ4v) is 4.99. The minimum Gasteiger partial charge on any atom is -0.335 e. The molecule has 0 radical (unpaired) electrons. The molecular formula is C25H26ClN3O4. The topological polar surface area (TPSA) is 78.0 Å². The first-order chi connectivity index (χ1) is 15.7. The number of rotatable bonds is 5. The molecule has 2 heterocycles. The van der Waals surface area contributed by atoms with E-state index in [2.05, 4.69) is 0 Å². The van der Waals surface area contributed by atoms with Gasteiger partial charge < -0.3 is 9.80 Å². The standard InChI is InChI=1S/C25H26ClN3O4/c1-17-6-5-7-18(12-17)15-28-10-11-29(16-23(28)32)22(31)14-25(13-21(30)27(2)24(25)33)19-8-3-4-9-20(19)26/h3-9,12H,10-11,13-16H2,1-2H3. The maximum Gasteiger partial charge on any atom is 0.242 e. The first-order valence-corrected chi connectivity index (χ1v) is 11.3. The third-order valence-electron chi connectivity index (χ3n) is 6.51. The zero-order valence-electron chi connectivity index (χ0n) is 18.7. The van der Waals surface area contributed by atoms with Crippen LogP contribution in [0.4, 0.5) is 0 Å². The highest BCUT2D eigenvalue weighted by Gasteiger charge is 2.54. The summed E-state index contributed by atoms with van der Waals surface area (Å²) in [5.74, 6) is -1.28. The molecule has 2 aliphatic heterocycles. The van der Waals surface area contributed by atoms with Crippen LogP contribution in [0, 0.1) is 6.92 Å². The summed E-state index contributed by atoms with van der Waals surface area (Å²) in [7, 11) is 1.42. The number of carbonyl (C=O) groups excluding carboxylic acids is 4. The molecule has 2 saturated heterocycles. The van der Waals surface area contributed by atoms with E-state index < -0.39 is 11.3 Å². The summed E-state index contributed by atoms with van der Waals surface area (Å²) in [4.78, 5) is 55.9. The molecule has 2 aromatic rings. The van der Waals surface area contributed by atoms with Crippen LogP contribution in [-0.2, 0) is 31.1 Å². The van der Waals surface area contributed by atoms with Crippen LogP contribution in [0.25, 0.3) is 0 Å². The summed E-state index contributed by atoms with van der Waals surface area (Å²) in [5.41, 5.74) is 1.27. The molecule has 0 aliphatic carbocycles. The Labute approximate surface area is 197 Å². The SMILES string of the molecule is Cc1cccc(CN2CCN(C(=O)CC3(c4ccccc4Cl)CC(=O)N(C)C3=O)CC2=O)c1. The first kappa shape index (κ1) is 23.0. The number of nitrogens with zero attached hydrogens (tertiary/aromatic N) is 3. The Bertz CT molecular complexity index is 1130. The minimum absolute atomic E-state index is 0.0543. The van der Waals surface area contributed by atoms with Gasteiger partial charge in [-0.3, -0.25) is 24.1 Å². The van der Waals surface area contributed by atoms with E-state index in [4.69, 9.17) is 11.6 Å². The lowest BCUT2D eigenvalue weighted by Gasteiger charge is -2.36. The quantitative estimate of drug-likeness (QED) is 0.633. The van der Waals surface area contributed by atoms with Crippen LogP contribution < -0.4 is 0 Å². The average Bonchev–Trinajstić information content (AvgIpc) is 2.99. The summed E-state index contributed by atoms with van der Waals surface area (Å²) in [6, 6.07) is 14.8. The number of hydrogen-bond donors (Lipinski definition) is 0. The number of hydrogen-bond acceptors (Lipinski definition) is 4. The number of likely N-dealkylation sites (N-methyl/N-ethyl adjacent to an activating group) is 1. The number of aryl methyl sites for hydroxylation is 1. The highest BCUT2D eigenvalue weighted by atomic mass is 35.5. The second-order valence-corrected chi connectivity index (χ2v) is 9.20. The minimum atomic E-state index is -1.36. The van der Waals surface area contributed by atoms with Gasteiger partial charge in [-0.05, 0) is 24.1 Å². The maximum atomic E-state index is 13.3. The molecule has 33 heavy (non-hydrogen) atoms. The van der Waals surface area contributed by atoms with Crippen LogP contribution in [0.15, 0.2) is 48.5 Å². The third kappa shape index (κ3) is 4.37. The Morgan fingerprint density at radius 2 is 1.79 bits per heavy atom.